The Morgan fingerprint density at radius 3 is 2.11 bits per heavy atom. The second kappa shape index (κ2) is 2.55. The molecule has 0 fully saturated rings. The van der Waals surface area contributed by atoms with Crippen molar-refractivity contribution in [3.63, 3.8) is 0 Å². The smallest absolute Gasteiger partial charge is 0.0258 e. The fourth-order valence-corrected chi connectivity index (χ4v) is 1.70. The highest BCUT2D eigenvalue weighted by Crippen LogP contribution is 2.30. The van der Waals surface area contributed by atoms with Crippen molar-refractivity contribution < 1.29 is 0 Å². The van der Waals surface area contributed by atoms with Gasteiger partial charge in [-0.2, -0.15) is 0 Å². The molecule has 0 saturated heterocycles. The Bertz CT molecular complexity index is 129. The van der Waals surface area contributed by atoms with Crippen LogP contribution in [0, 0.1) is 5.92 Å². The normalized spacial score (nSPS) is 20.0. The van der Waals surface area contributed by atoms with Gasteiger partial charge in [-0.25, -0.2) is 0 Å². The molecule has 0 spiro atoms. The van der Waals surface area contributed by atoms with Crippen LogP contribution in [-0.2, 0) is 0 Å². The van der Waals surface area contributed by atoms with Crippen molar-refractivity contribution >= 4 is 0 Å². The van der Waals surface area contributed by atoms with Crippen LogP contribution in [0.2, 0.25) is 0 Å². The molecule has 0 N–H and O–H groups in total. The summed E-state index contributed by atoms with van der Waals surface area (Å²) in [7, 11) is 0. The number of rotatable bonds is 1. The van der Waals surface area contributed by atoms with E-state index in [1.165, 1.54) is 19.3 Å². The molecule has 1 aliphatic rings. The van der Waals surface area contributed by atoms with Gasteiger partial charge in [-0.3, -0.25) is 0 Å². The molecule has 9 heavy (non-hydrogen) atoms. The molecule has 0 heteroatoms. The second-order valence-corrected chi connectivity index (χ2v) is 3.31. The first-order valence-electron chi connectivity index (χ1n) is 3.90. The van der Waals surface area contributed by atoms with Crippen molar-refractivity contribution in [2.24, 2.45) is 5.92 Å². The van der Waals surface area contributed by atoms with Crippen LogP contribution in [-0.4, -0.2) is 0 Å². The van der Waals surface area contributed by atoms with Gasteiger partial charge in [-0.05, 0) is 32.1 Å². The molecule has 0 aromatic carbocycles. The quantitative estimate of drug-likeness (QED) is 0.471. The van der Waals surface area contributed by atoms with Gasteiger partial charge in [0.15, 0.2) is 0 Å². The first kappa shape index (κ1) is 6.85. The third kappa shape index (κ3) is 1.35. The van der Waals surface area contributed by atoms with E-state index >= 15 is 0 Å². The van der Waals surface area contributed by atoms with Crippen LogP contribution < -0.4 is 0 Å². The van der Waals surface area contributed by atoms with E-state index in [1.807, 2.05) is 0 Å². The molecular weight excluding hydrogens is 108 g/mol. The Hall–Kier alpha value is -0.260. The van der Waals surface area contributed by atoms with Gasteiger partial charge < -0.3 is 0 Å². The first-order valence-corrected chi connectivity index (χ1v) is 3.90. The molecule has 0 aromatic rings. The molecule has 0 aromatic heterocycles. The summed E-state index contributed by atoms with van der Waals surface area (Å²) in [6, 6.07) is 0. The fourth-order valence-electron chi connectivity index (χ4n) is 1.70. The summed E-state index contributed by atoms with van der Waals surface area (Å²) in [6.45, 7) is 6.87. The van der Waals surface area contributed by atoms with Gasteiger partial charge in [0.1, 0.15) is 0 Å². The first-order chi connectivity index (χ1) is 4.22. The van der Waals surface area contributed by atoms with Crippen LogP contribution >= 0.6 is 0 Å². The summed E-state index contributed by atoms with van der Waals surface area (Å²) in [5, 5.41) is 0. The molecule has 0 unspecified atom stereocenters. The van der Waals surface area contributed by atoms with Crippen LogP contribution in [0.1, 0.15) is 40.0 Å². The molecule has 1 aliphatic carbocycles. The van der Waals surface area contributed by atoms with Crippen molar-refractivity contribution in [2.45, 2.75) is 40.0 Å². The van der Waals surface area contributed by atoms with E-state index in [9.17, 15) is 0 Å². The van der Waals surface area contributed by atoms with Crippen molar-refractivity contribution in [2.75, 3.05) is 0 Å². The maximum Gasteiger partial charge on any atom is -0.0258 e. The lowest BCUT2D eigenvalue weighted by atomic mass is 10.0. The fraction of sp³-hybridized carbons (Fsp3) is 0.778. The molecule has 0 saturated carbocycles. The minimum Gasteiger partial charge on any atom is -0.0738 e. The van der Waals surface area contributed by atoms with Crippen LogP contribution in [0.4, 0.5) is 0 Å². The van der Waals surface area contributed by atoms with Gasteiger partial charge in [-0.1, -0.05) is 25.0 Å². The molecule has 0 heterocycles. The zero-order valence-corrected chi connectivity index (χ0v) is 6.70. The third-order valence-electron chi connectivity index (χ3n) is 2.24. The molecule has 1 rings (SSSR count). The Morgan fingerprint density at radius 1 is 1.22 bits per heavy atom. The van der Waals surface area contributed by atoms with E-state index < -0.39 is 0 Å². The standard InChI is InChI=1S/C9H16/c1-7(2)9-6-4-5-8(9)3/h7H,4-6H2,1-3H3. The predicted molar refractivity (Wildman–Crippen MR) is 41.4 cm³/mol. The van der Waals surface area contributed by atoms with Crippen LogP contribution in [0.5, 0.6) is 0 Å². The third-order valence-corrected chi connectivity index (χ3v) is 2.24. The highest BCUT2D eigenvalue weighted by Gasteiger charge is 2.12. The summed E-state index contributed by atoms with van der Waals surface area (Å²) in [5.74, 6) is 0.799. The number of allylic oxidation sites excluding steroid dienone is 2. The van der Waals surface area contributed by atoms with Crippen LogP contribution in [0.3, 0.4) is 0 Å². The largest absolute Gasteiger partial charge is 0.0738 e. The summed E-state index contributed by atoms with van der Waals surface area (Å²) < 4.78 is 0. The van der Waals surface area contributed by atoms with E-state index in [1.54, 1.807) is 11.1 Å². The number of hydrogen-bond acceptors (Lipinski definition) is 0. The SMILES string of the molecule is CC1=C(C(C)C)CCC1. The Morgan fingerprint density at radius 2 is 1.89 bits per heavy atom. The highest BCUT2D eigenvalue weighted by atomic mass is 14.2. The zero-order chi connectivity index (χ0) is 6.85. The van der Waals surface area contributed by atoms with Crippen LogP contribution in [0.15, 0.2) is 11.1 Å². The van der Waals surface area contributed by atoms with E-state index in [4.69, 9.17) is 0 Å². The van der Waals surface area contributed by atoms with E-state index in [0.29, 0.717) is 0 Å². The molecule has 0 radical (unpaired) electrons. The summed E-state index contributed by atoms with van der Waals surface area (Å²) in [6.07, 6.45) is 4.12. The van der Waals surface area contributed by atoms with Crippen molar-refractivity contribution in [3.05, 3.63) is 11.1 Å². The summed E-state index contributed by atoms with van der Waals surface area (Å²) >= 11 is 0. The van der Waals surface area contributed by atoms with Crippen molar-refractivity contribution in [1.82, 2.24) is 0 Å². The number of hydrogen-bond donors (Lipinski definition) is 0. The maximum absolute atomic E-state index is 2.30. The van der Waals surface area contributed by atoms with E-state index in [0.717, 1.165) is 5.92 Å². The van der Waals surface area contributed by atoms with E-state index in [-0.39, 0.29) is 0 Å². The van der Waals surface area contributed by atoms with E-state index in [2.05, 4.69) is 20.8 Å². The van der Waals surface area contributed by atoms with Crippen molar-refractivity contribution in [1.29, 1.82) is 0 Å². The average Bonchev–Trinajstić information content (AvgIpc) is 2.13. The molecule has 0 atom stereocenters. The van der Waals surface area contributed by atoms with Crippen LogP contribution in [0.25, 0.3) is 0 Å². The Kier molecular flexibility index (Phi) is 1.94. The molecule has 0 amide bonds. The minimum atomic E-state index is 0.799. The predicted octanol–water partition coefficient (Wildman–Crippen LogP) is 3.14. The van der Waals surface area contributed by atoms with Gasteiger partial charge in [-0.15, -0.1) is 0 Å². The monoisotopic (exact) mass is 124 g/mol. The molecule has 0 aliphatic heterocycles. The van der Waals surface area contributed by atoms with Gasteiger partial charge in [0.25, 0.3) is 0 Å². The van der Waals surface area contributed by atoms with Crippen molar-refractivity contribution in [3.8, 4) is 0 Å². The second-order valence-electron chi connectivity index (χ2n) is 3.31. The summed E-state index contributed by atoms with van der Waals surface area (Å²) in [5.41, 5.74) is 3.38. The minimum absolute atomic E-state index is 0.799. The Labute approximate surface area is 58.0 Å². The topological polar surface area (TPSA) is 0 Å². The Balaban J connectivity index is 2.66. The zero-order valence-electron chi connectivity index (χ0n) is 6.70. The van der Waals surface area contributed by atoms with Gasteiger partial charge in [0.05, 0.1) is 0 Å². The lowest BCUT2D eigenvalue weighted by Crippen LogP contribution is -1.90. The van der Waals surface area contributed by atoms with Gasteiger partial charge >= 0.3 is 0 Å². The molecular formula is C9H16. The maximum atomic E-state index is 2.30. The van der Waals surface area contributed by atoms with Gasteiger partial charge in [0.2, 0.25) is 0 Å². The average molecular weight is 124 g/mol. The molecule has 0 nitrogen and oxygen atoms in total. The van der Waals surface area contributed by atoms with Gasteiger partial charge in [0, 0.05) is 0 Å². The highest BCUT2D eigenvalue weighted by molar-refractivity contribution is 5.18. The summed E-state index contributed by atoms with van der Waals surface area (Å²) in [4.78, 5) is 0. The lowest BCUT2D eigenvalue weighted by Gasteiger charge is -2.06. The molecule has 0 bridgehead atoms. The molecule has 52 valence electrons. The lowest BCUT2D eigenvalue weighted by molar-refractivity contribution is 0.724.